The average Bonchev–Trinajstić information content (AvgIpc) is 0.701. The summed E-state index contributed by atoms with van der Waals surface area (Å²) < 4.78 is 34.0. The molecule has 0 radical (unpaired) electrons. The molecule has 0 aromatic heterocycles. The monoisotopic (exact) mass is 1380 g/mol. The second-order valence-electron chi connectivity index (χ2n) is 27.3. The maximum absolute atomic E-state index is 18.1. The van der Waals surface area contributed by atoms with Crippen LogP contribution in [-0.2, 0) is 0 Å². The molecule has 0 fully saturated rings. The van der Waals surface area contributed by atoms with Gasteiger partial charge < -0.3 is 24.5 Å². The Morgan fingerprint density at radius 3 is 1.13 bits per heavy atom. The third-order valence-electron chi connectivity index (χ3n) is 21.4. The number of anilines is 15. The Labute approximate surface area is 620 Å². The molecule has 4 heterocycles. The van der Waals surface area contributed by atoms with Gasteiger partial charge in [-0.3, -0.25) is 0 Å². The van der Waals surface area contributed by atoms with Crippen molar-refractivity contribution >= 4 is 143 Å². The van der Waals surface area contributed by atoms with E-state index in [2.05, 4.69) is 382 Å². The zero-order valence-electron chi connectivity index (χ0n) is 57.4. The summed E-state index contributed by atoms with van der Waals surface area (Å²) in [6, 6.07) is 135. The minimum Gasteiger partial charge on any atom is -0.311 e. The van der Waals surface area contributed by atoms with Crippen LogP contribution >= 0.6 is 11.8 Å². The lowest BCUT2D eigenvalue weighted by Crippen LogP contribution is -2.64. The van der Waals surface area contributed by atoms with E-state index >= 15 is 8.78 Å². The molecule has 498 valence electrons. The quantitative estimate of drug-likeness (QED) is 0.106. The van der Waals surface area contributed by atoms with Gasteiger partial charge in [0.05, 0.1) is 22.7 Å². The molecule has 5 nitrogen and oxygen atoms in total. The molecular formula is C96H63B2F2N5S. The van der Waals surface area contributed by atoms with E-state index < -0.39 is 11.6 Å². The molecule has 20 rings (SSSR count). The first kappa shape index (κ1) is 62.6. The molecule has 0 spiro atoms. The van der Waals surface area contributed by atoms with Crippen LogP contribution in [0.15, 0.2) is 392 Å². The molecule has 0 amide bonds. The highest BCUT2D eigenvalue weighted by Gasteiger charge is 2.48. The van der Waals surface area contributed by atoms with E-state index in [4.69, 9.17) is 0 Å². The van der Waals surface area contributed by atoms with Crippen LogP contribution in [0.1, 0.15) is 0 Å². The number of halogens is 2. The summed E-state index contributed by atoms with van der Waals surface area (Å²) in [5.74, 6) is -1.33. The number of hydrogen-bond acceptors (Lipinski definition) is 6. The number of fused-ring (bicyclic) bond motifs is 8. The van der Waals surface area contributed by atoms with Crippen LogP contribution in [0.25, 0.3) is 44.5 Å². The Balaban J connectivity index is 0.852. The van der Waals surface area contributed by atoms with Crippen molar-refractivity contribution in [2.24, 2.45) is 0 Å². The van der Waals surface area contributed by atoms with Gasteiger partial charge in [0.1, 0.15) is 11.6 Å². The van der Waals surface area contributed by atoms with Gasteiger partial charge in [0.15, 0.2) is 0 Å². The van der Waals surface area contributed by atoms with Crippen molar-refractivity contribution in [1.82, 2.24) is 0 Å². The van der Waals surface area contributed by atoms with Gasteiger partial charge in [-0.15, -0.1) is 0 Å². The normalized spacial score (nSPS) is 12.7. The summed E-state index contributed by atoms with van der Waals surface area (Å²) in [5, 5.41) is 0. The Hall–Kier alpha value is -13.1. The number of nitrogens with zero attached hydrogens (tertiary/aromatic N) is 5. The van der Waals surface area contributed by atoms with Gasteiger partial charge in [-0.1, -0.05) is 278 Å². The molecular weight excluding hydrogens is 1310 g/mol. The lowest BCUT2D eigenvalue weighted by Gasteiger charge is -2.46. The number of para-hydroxylation sites is 6. The van der Waals surface area contributed by atoms with Crippen molar-refractivity contribution in [2.45, 2.75) is 9.79 Å². The predicted octanol–water partition coefficient (Wildman–Crippen LogP) is 22.4. The van der Waals surface area contributed by atoms with Crippen molar-refractivity contribution in [3.63, 3.8) is 0 Å². The van der Waals surface area contributed by atoms with Crippen LogP contribution in [0.5, 0.6) is 0 Å². The second-order valence-corrected chi connectivity index (χ2v) is 28.4. The van der Waals surface area contributed by atoms with E-state index in [-0.39, 0.29) is 19.1 Å². The highest BCUT2D eigenvalue weighted by atomic mass is 32.2. The van der Waals surface area contributed by atoms with E-state index in [1.807, 2.05) is 6.07 Å². The summed E-state index contributed by atoms with van der Waals surface area (Å²) in [6.45, 7) is -0.623. The van der Waals surface area contributed by atoms with Gasteiger partial charge in [-0.2, -0.15) is 0 Å². The van der Waals surface area contributed by atoms with E-state index in [1.165, 1.54) is 17.0 Å². The maximum Gasteiger partial charge on any atom is 0.252 e. The number of benzene rings is 16. The molecule has 0 bridgehead atoms. The van der Waals surface area contributed by atoms with E-state index in [1.54, 1.807) is 17.8 Å². The van der Waals surface area contributed by atoms with Crippen LogP contribution < -0.4 is 57.3 Å². The van der Waals surface area contributed by atoms with Gasteiger partial charge in [-0.25, -0.2) is 8.78 Å². The smallest absolute Gasteiger partial charge is 0.252 e. The van der Waals surface area contributed by atoms with Gasteiger partial charge >= 0.3 is 0 Å². The lowest BCUT2D eigenvalue weighted by molar-refractivity contribution is 0.584. The van der Waals surface area contributed by atoms with Crippen molar-refractivity contribution < 1.29 is 8.78 Å². The molecule has 106 heavy (non-hydrogen) atoms. The number of hydrogen-bond donors (Lipinski definition) is 0. The fraction of sp³-hybridized carbons (Fsp3) is 0. The fourth-order valence-corrected chi connectivity index (χ4v) is 18.0. The first-order valence-electron chi connectivity index (χ1n) is 36.0. The maximum atomic E-state index is 18.1. The SMILES string of the molecule is Fc1ccc(N2c3cc4c(cc3B3c5ccccc5N(c5ccccc5)c5cc(N(c6ccc(-c7ccccc7)cc6)c6ccccc6-c6ccccc6)cc2c53)B2c3ccccc3N(c3ccccc3)c3cc(N(c5ccc(-c6ccccc6)cc5)c5ccccc5-c5ccccc5)cc(c32)S4)c(F)c1. The molecule has 0 saturated heterocycles. The van der Waals surface area contributed by atoms with Gasteiger partial charge in [0, 0.05) is 89.5 Å². The van der Waals surface area contributed by atoms with Crippen LogP contribution in [0, 0.1) is 11.6 Å². The minimum atomic E-state index is -0.678. The van der Waals surface area contributed by atoms with Crippen molar-refractivity contribution in [3.05, 3.63) is 394 Å². The Morgan fingerprint density at radius 1 is 0.245 bits per heavy atom. The topological polar surface area (TPSA) is 16.2 Å². The molecule has 10 heteroatoms. The molecule has 0 saturated carbocycles. The number of rotatable bonds is 13. The molecule has 0 unspecified atom stereocenters. The Bertz CT molecular complexity index is 6060. The van der Waals surface area contributed by atoms with Crippen LogP contribution in [0.4, 0.5) is 94.1 Å². The third kappa shape index (κ3) is 10.5. The van der Waals surface area contributed by atoms with Crippen molar-refractivity contribution in [1.29, 1.82) is 0 Å². The third-order valence-corrected chi connectivity index (χ3v) is 22.5. The lowest BCUT2D eigenvalue weighted by atomic mass is 9.31. The van der Waals surface area contributed by atoms with Gasteiger partial charge in [-0.05, 0) is 176 Å². The fourth-order valence-electron chi connectivity index (χ4n) is 16.8. The second kappa shape index (κ2) is 26.0. The highest BCUT2D eigenvalue weighted by Crippen LogP contribution is 2.53. The Morgan fingerprint density at radius 2 is 0.642 bits per heavy atom. The molecule has 4 aliphatic rings. The zero-order chi connectivity index (χ0) is 70.3. The van der Waals surface area contributed by atoms with Crippen molar-refractivity contribution in [2.75, 3.05) is 24.5 Å². The zero-order valence-corrected chi connectivity index (χ0v) is 58.2. The summed E-state index contributed by atoms with van der Waals surface area (Å²) >= 11 is 1.76. The van der Waals surface area contributed by atoms with Crippen LogP contribution in [0.2, 0.25) is 0 Å². The molecule has 16 aromatic carbocycles. The predicted molar refractivity (Wildman–Crippen MR) is 441 cm³/mol. The minimum absolute atomic E-state index is 0.229. The van der Waals surface area contributed by atoms with E-state index in [9.17, 15) is 0 Å². The first-order valence-corrected chi connectivity index (χ1v) is 36.8. The largest absolute Gasteiger partial charge is 0.311 e. The van der Waals surface area contributed by atoms with Crippen LogP contribution in [0.3, 0.4) is 0 Å². The molecule has 0 N–H and O–H groups in total. The van der Waals surface area contributed by atoms with Gasteiger partial charge in [0.2, 0.25) is 6.71 Å². The summed E-state index contributed by atoms with van der Waals surface area (Å²) in [7, 11) is 0. The standard InChI is InChI=1S/C96H63B2F2N5S/c99-70-51-56-88(83(100)57-70)105-89-63-93-82(98-80-42-22-26-46-87(80)104(72-37-17-6-18-38-72)92-60-76(61-94(106-93)96(92)98)102(74-54-49-67(50-55-74)65-29-9-2-10-30-65)85-44-24-20-40-78(85)69-33-13-4-14-34-69)62-81(89)97-79-41-21-25-45-86(79)103(71-35-15-5-16-36-71)90-58-75(59-91(105)95(90)97)101(73-52-47-66(48-53-73)64-27-7-1-8-28-64)84-43-23-19-39-77(84)68-31-11-3-12-32-68/h1-63H. The summed E-state index contributed by atoms with van der Waals surface area (Å²) in [6.07, 6.45) is 0. The van der Waals surface area contributed by atoms with Crippen LogP contribution in [-0.4, -0.2) is 13.4 Å². The van der Waals surface area contributed by atoms with E-state index in [0.717, 1.165) is 162 Å². The Kier molecular flexibility index (Phi) is 15.3. The summed E-state index contributed by atoms with van der Waals surface area (Å²) in [5.41, 5.74) is 29.1. The molecule has 0 aliphatic carbocycles. The van der Waals surface area contributed by atoms with Gasteiger partial charge in [0.25, 0.3) is 6.71 Å². The molecule has 0 atom stereocenters. The van der Waals surface area contributed by atoms with Crippen molar-refractivity contribution in [3.8, 4) is 44.5 Å². The average molecular weight is 1380 g/mol. The highest BCUT2D eigenvalue weighted by molar-refractivity contribution is 8.00. The summed E-state index contributed by atoms with van der Waals surface area (Å²) in [4.78, 5) is 13.9. The van der Waals surface area contributed by atoms with E-state index in [0.29, 0.717) is 0 Å². The molecule has 16 aromatic rings. The molecule has 4 aliphatic heterocycles. The first-order chi connectivity index (χ1) is 52.4.